The van der Waals surface area contributed by atoms with Gasteiger partial charge < -0.3 is 5.32 Å². The number of hydrogen-bond donors (Lipinski definition) is 1. The molecule has 0 saturated carbocycles. The van der Waals surface area contributed by atoms with E-state index in [2.05, 4.69) is 5.32 Å². The third kappa shape index (κ3) is 4.23. The highest BCUT2D eigenvalue weighted by molar-refractivity contribution is 6.36. The number of carbonyl (C=O) groups excluding carboxylic acids is 2. The number of benzene rings is 3. The summed E-state index contributed by atoms with van der Waals surface area (Å²) >= 11 is 6.04. The number of aryl methyl sites for hydroxylation is 2. The van der Waals surface area contributed by atoms with Crippen molar-refractivity contribution in [2.75, 3.05) is 5.32 Å². The number of nitrogens with zero attached hydrogens (tertiary/aromatic N) is 1. The van der Waals surface area contributed by atoms with Crippen LogP contribution in [0.15, 0.2) is 72.4 Å². The van der Waals surface area contributed by atoms with E-state index >= 15 is 0 Å². The molecular weight excluding hydrogens is 415 g/mol. The summed E-state index contributed by atoms with van der Waals surface area (Å²) in [6, 6.07) is 18.4. The third-order valence-corrected chi connectivity index (χ3v) is 5.45. The highest BCUT2D eigenvalue weighted by Crippen LogP contribution is 2.32. The summed E-state index contributed by atoms with van der Waals surface area (Å²) in [5.74, 6) is -1.27. The molecule has 2 amide bonds. The molecule has 156 valence electrons. The van der Waals surface area contributed by atoms with E-state index in [4.69, 9.17) is 11.6 Å². The van der Waals surface area contributed by atoms with Gasteiger partial charge in [0.05, 0.1) is 12.1 Å². The van der Waals surface area contributed by atoms with Crippen LogP contribution in [0.4, 0.5) is 10.1 Å². The monoisotopic (exact) mass is 434 g/mol. The molecule has 1 aliphatic rings. The molecule has 0 aliphatic carbocycles. The second-order valence-electron chi connectivity index (χ2n) is 7.52. The van der Waals surface area contributed by atoms with Crippen LogP contribution in [0.3, 0.4) is 0 Å². The molecule has 4 rings (SSSR count). The Hall–Kier alpha value is -3.44. The maximum Gasteiger partial charge on any atom is 0.278 e. The van der Waals surface area contributed by atoms with Gasteiger partial charge in [-0.25, -0.2) is 4.39 Å². The zero-order valence-electron chi connectivity index (χ0n) is 17.1. The standard InChI is InChI=1S/C25H20ClFN2O2/c1-15-3-5-17(6-4-15)14-29-24(30)22(18-7-10-20(27)11-8-18)23(25(29)31)28-21-12-9-19(26)13-16(21)2/h3-13,28H,14H2,1-2H3. The van der Waals surface area contributed by atoms with Crippen LogP contribution in [0.1, 0.15) is 22.3 Å². The number of hydrogen-bond acceptors (Lipinski definition) is 3. The van der Waals surface area contributed by atoms with Gasteiger partial charge in [0.15, 0.2) is 0 Å². The first-order valence-corrected chi connectivity index (χ1v) is 10.2. The molecule has 0 atom stereocenters. The summed E-state index contributed by atoms with van der Waals surface area (Å²) in [6.45, 7) is 3.98. The summed E-state index contributed by atoms with van der Waals surface area (Å²) in [5.41, 5.74) is 4.28. The van der Waals surface area contributed by atoms with Crippen LogP contribution < -0.4 is 5.32 Å². The Kier molecular flexibility index (Phi) is 5.61. The van der Waals surface area contributed by atoms with Gasteiger partial charge in [0, 0.05) is 10.7 Å². The summed E-state index contributed by atoms with van der Waals surface area (Å²) < 4.78 is 13.5. The Morgan fingerprint density at radius 2 is 1.58 bits per heavy atom. The van der Waals surface area contributed by atoms with Gasteiger partial charge in [-0.2, -0.15) is 0 Å². The van der Waals surface area contributed by atoms with E-state index in [1.54, 1.807) is 18.2 Å². The molecule has 3 aromatic rings. The lowest BCUT2D eigenvalue weighted by molar-refractivity contribution is -0.137. The molecule has 0 aromatic heterocycles. The Bertz CT molecular complexity index is 1200. The van der Waals surface area contributed by atoms with Crippen molar-refractivity contribution in [2.45, 2.75) is 20.4 Å². The summed E-state index contributed by atoms with van der Waals surface area (Å²) in [7, 11) is 0. The number of imide groups is 1. The molecule has 0 unspecified atom stereocenters. The van der Waals surface area contributed by atoms with E-state index in [0.717, 1.165) is 16.7 Å². The van der Waals surface area contributed by atoms with Crippen LogP contribution in [-0.4, -0.2) is 16.7 Å². The Morgan fingerprint density at radius 3 is 2.23 bits per heavy atom. The number of rotatable bonds is 5. The molecule has 0 bridgehead atoms. The fourth-order valence-corrected chi connectivity index (χ4v) is 3.72. The molecule has 6 heteroatoms. The fourth-order valence-electron chi connectivity index (χ4n) is 3.50. The minimum Gasteiger partial charge on any atom is -0.350 e. The zero-order chi connectivity index (χ0) is 22.1. The van der Waals surface area contributed by atoms with Crippen molar-refractivity contribution < 1.29 is 14.0 Å². The topological polar surface area (TPSA) is 49.4 Å². The van der Waals surface area contributed by atoms with Gasteiger partial charge in [0.1, 0.15) is 11.5 Å². The maximum absolute atomic E-state index is 13.5. The van der Waals surface area contributed by atoms with Crippen molar-refractivity contribution in [3.05, 3.63) is 106 Å². The molecule has 0 radical (unpaired) electrons. The van der Waals surface area contributed by atoms with Gasteiger partial charge in [-0.15, -0.1) is 0 Å². The first kappa shape index (κ1) is 20.8. The zero-order valence-corrected chi connectivity index (χ0v) is 17.8. The molecule has 1 aliphatic heterocycles. The fraction of sp³-hybridized carbons (Fsp3) is 0.120. The normalized spacial score (nSPS) is 13.9. The first-order chi connectivity index (χ1) is 14.8. The molecule has 0 saturated heterocycles. The van der Waals surface area contributed by atoms with E-state index in [1.165, 1.54) is 29.2 Å². The average molecular weight is 435 g/mol. The number of amides is 2. The van der Waals surface area contributed by atoms with Gasteiger partial charge in [-0.1, -0.05) is 53.6 Å². The second kappa shape index (κ2) is 8.36. The third-order valence-electron chi connectivity index (χ3n) is 5.21. The molecule has 4 nitrogen and oxygen atoms in total. The molecule has 1 N–H and O–H groups in total. The van der Waals surface area contributed by atoms with Crippen LogP contribution in [0.25, 0.3) is 5.57 Å². The van der Waals surface area contributed by atoms with Crippen molar-refractivity contribution in [3.8, 4) is 0 Å². The predicted octanol–water partition coefficient (Wildman–Crippen LogP) is 5.49. The van der Waals surface area contributed by atoms with Gasteiger partial charge in [0.25, 0.3) is 11.8 Å². The lowest BCUT2D eigenvalue weighted by atomic mass is 10.0. The molecular formula is C25H20ClFN2O2. The molecule has 0 spiro atoms. The molecule has 31 heavy (non-hydrogen) atoms. The predicted molar refractivity (Wildman–Crippen MR) is 120 cm³/mol. The average Bonchev–Trinajstić information content (AvgIpc) is 2.96. The van der Waals surface area contributed by atoms with Crippen molar-refractivity contribution in [2.24, 2.45) is 0 Å². The quantitative estimate of drug-likeness (QED) is 0.540. The molecule has 0 fully saturated rings. The highest BCUT2D eigenvalue weighted by atomic mass is 35.5. The lowest BCUT2D eigenvalue weighted by Gasteiger charge is -2.16. The Labute approximate surface area is 185 Å². The van der Waals surface area contributed by atoms with Crippen molar-refractivity contribution in [1.82, 2.24) is 4.90 Å². The molecule has 1 heterocycles. The Balaban J connectivity index is 1.75. The van der Waals surface area contributed by atoms with E-state index in [0.29, 0.717) is 16.3 Å². The van der Waals surface area contributed by atoms with E-state index in [1.807, 2.05) is 38.1 Å². The van der Waals surface area contributed by atoms with Gasteiger partial charge >= 0.3 is 0 Å². The van der Waals surface area contributed by atoms with Crippen LogP contribution in [0, 0.1) is 19.7 Å². The second-order valence-corrected chi connectivity index (χ2v) is 7.96. The first-order valence-electron chi connectivity index (χ1n) is 9.78. The minimum atomic E-state index is -0.431. The summed E-state index contributed by atoms with van der Waals surface area (Å²) in [5, 5.41) is 3.69. The van der Waals surface area contributed by atoms with E-state index in [-0.39, 0.29) is 17.8 Å². The van der Waals surface area contributed by atoms with Gasteiger partial charge in [0.2, 0.25) is 0 Å². The highest BCUT2D eigenvalue weighted by Gasteiger charge is 2.39. The number of anilines is 1. The van der Waals surface area contributed by atoms with E-state index < -0.39 is 17.6 Å². The van der Waals surface area contributed by atoms with E-state index in [9.17, 15) is 14.0 Å². The minimum absolute atomic E-state index is 0.146. The van der Waals surface area contributed by atoms with Crippen molar-refractivity contribution >= 4 is 34.7 Å². The summed E-state index contributed by atoms with van der Waals surface area (Å²) in [6.07, 6.45) is 0. The largest absolute Gasteiger partial charge is 0.350 e. The molecule has 3 aromatic carbocycles. The van der Waals surface area contributed by atoms with Crippen LogP contribution >= 0.6 is 11.6 Å². The summed E-state index contributed by atoms with van der Waals surface area (Å²) in [4.78, 5) is 27.8. The van der Waals surface area contributed by atoms with Crippen LogP contribution in [0.5, 0.6) is 0 Å². The number of carbonyl (C=O) groups is 2. The van der Waals surface area contributed by atoms with Crippen LogP contribution in [-0.2, 0) is 16.1 Å². The smallest absolute Gasteiger partial charge is 0.278 e. The SMILES string of the molecule is Cc1ccc(CN2C(=O)C(Nc3ccc(Cl)cc3C)=C(c3ccc(F)cc3)C2=O)cc1. The number of nitrogens with one attached hydrogen (secondary N) is 1. The van der Waals surface area contributed by atoms with Crippen molar-refractivity contribution in [3.63, 3.8) is 0 Å². The number of halogens is 2. The van der Waals surface area contributed by atoms with Gasteiger partial charge in [-0.05, 0) is 60.9 Å². The van der Waals surface area contributed by atoms with Crippen LogP contribution in [0.2, 0.25) is 5.02 Å². The Morgan fingerprint density at radius 1 is 0.903 bits per heavy atom. The lowest BCUT2D eigenvalue weighted by Crippen LogP contribution is -2.32. The van der Waals surface area contributed by atoms with Gasteiger partial charge in [-0.3, -0.25) is 14.5 Å². The maximum atomic E-state index is 13.5. The van der Waals surface area contributed by atoms with Crippen molar-refractivity contribution in [1.29, 1.82) is 0 Å².